The summed E-state index contributed by atoms with van der Waals surface area (Å²) in [7, 11) is 1.83. The molecule has 2 amide bonds. The summed E-state index contributed by atoms with van der Waals surface area (Å²) in [6, 6.07) is -0.249. The highest BCUT2D eigenvalue weighted by molar-refractivity contribution is 7.80. The minimum atomic E-state index is -0.518. The number of carbonyl (C=O) groups excluding carboxylic acids is 2. The maximum Gasteiger partial charge on any atom is 0.245 e. The van der Waals surface area contributed by atoms with Crippen LogP contribution in [0.25, 0.3) is 0 Å². The van der Waals surface area contributed by atoms with Gasteiger partial charge in [-0.1, -0.05) is 6.92 Å². The largest absolute Gasteiger partial charge is 0.344 e. The molecule has 1 saturated heterocycles. The molecule has 0 bridgehead atoms. The number of amides is 2. The molecule has 0 aromatic carbocycles. The monoisotopic (exact) mass is 287 g/mol. The van der Waals surface area contributed by atoms with Crippen molar-refractivity contribution in [2.45, 2.75) is 38.8 Å². The molecule has 1 aliphatic rings. The van der Waals surface area contributed by atoms with E-state index in [1.165, 1.54) is 6.92 Å². The van der Waals surface area contributed by atoms with Crippen molar-refractivity contribution in [1.29, 1.82) is 0 Å². The normalized spacial score (nSPS) is 18.9. The van der Waals surface area contributed by atoms with Crippen LogP contribution in [0.15, 0.2) is 0 Å². The maximum atomic E-state index is 12.3. The Bertz CT molecular complexity index is 317. The zero-order valence-corrected chi connectivity index (χ0v) is 12.9. The first-order chi connectivity index (χ1) is 8.99. The van der Waals surface area contributed by atoms with Crippen LogP contribution in [-0.4, -0.2) is 66.1 Å². The molecule has 110 valence electrons. The molecule has 1 fully saturated rings. The van der Waals surface area contributed by atoms with Gasteiger partial charge in [-0.2, -0.15) is 12.6 Å². The van der Waals surface area contributed by atoms with Crippen LogP contribution >= 0.6 is 12.6 Å². The van der Waals surface area contributed by atoms with Gasteiger partial charge in [0.1, 0.15) is 6.04 Å². The van der Waals surface area contributed by atoms with Gasteiger partial charge in [0, 0.05) is 38.9 Å². The lowest BCUT2D eigenvalue weighted by Gasteiger charge is -2.37. The molecule has 1 heterocycles. The summed E-state index contributed by atoms with van der Waals surface area (Å²) < 4.78 is 0. The third-order valence-electron chi connectivity index (χ3n) is 3.76. The number of likely N-dealkylation sites (tertiary alicyclic amines) is 1. The van der Waals surface area contributed by atoms with E-state index in [0.29, 0.717) is 5.75 Å². The molecule has 1 aliphatic heterocycles. The molecular weight excluding hydrogens is 262 g/mol. The van der Waals surface area contributed by atoms with Crippen LogP contribution in [0.1, 0.15) is 26.7 Å². The lowest BCUT2D eigenvalue weighted by molar-refractivity contribution is -0.136. The van der Waals surface area contributed by atoms with Crippen LogP contribution in [-0.2, 0) is 9.59 Å². The Morgan fingerprint density at radius 2 is 2.00 bits per heavy atom. The number of piperidine rings is 1. The van der Waals surface area contributed by atoms with Crippen LogP contribution < -0.4 is 5.32 Å². The van der Waals surface area contributed by atoms with Crippen LogP contribution in [0, 0.1) is 0 Å². The van der Waals surface area contributed by atoms with Gasteiger partial charge in [-0.05, 0) is 19.4 Å². The molecule has 5 nitrogen and oxygen atoms in total. The number of nitrogens with one attached hydrogen (secondary N) is 1. The summed E-state index contributed by atoms with van der Waals surface area (Å²) in [6.07, 6.45) is 1.99. The lowest BCUT2D eigenvalue weighted by atomic mass is 10.0. The number of hydrogen-bond donors (Lipinski definition) is 2. The quantitative estimate of drug-likeness (QED) is 0.718. The van der Waals surface area contributed by atoms with Crippen molar-refractivity contribution in [3.8, 4) is 0 Å². The molecule has 0 spiro atoms. The second-order valence-electron chi connectivity index (χ2n) is 5.05. The minimum Gasteiger partial charge on any atom is -0.344 e. The summed E-state index contributed by atoms with van der Waals surface area (Å²) in [5.74, 6) is 0.0954. The third kappa shape index (κ3) is 4.69. The van der Waals surface area contributed by atoms with Gasteiger partial charge in [0.15, 0.2) is 0 Å². The summed E-state index contributed by atoms with van der Waals surface area (Å²) in [4.78, 5) is 27.6. The summed E-state index contributed by atoms with van der Waals surface area (Å²) in [5.41, 5.74) is 0. The summed E-state index contributed by atoms with van der Waals surface area (Å²) in [5, 5.41) is 2.65. The standard InChI is InChI=1S/C13H25N3O2S/c1-4-16-7-5-11(6-8-16)15(3)13(18)12(9-19)14-10(2)17/h11-12,19H,4-9H2,1-3H3,(H,14,17). The van der Waals surface area contributed by atoms with Crippen LogP contribution in [0.2, 0.25) is 0 Å². The van der Waals surface area contributed by atoms with Crippen molar-refractivity contribution < 1.29 is 9.59 Å². The van der Waals surface area contributed by atoms with E-state index >= 15 is 0 Å². The fourth-order valence-electron chi connectivity index (χ4n) is 2.48. The molecule has 0 saturated carbocycles. The first-order valence-corrected chi connectivity index (χ1v) is 7.49. The van der Waals surface area contributed by atoms with Gasteiger partial charge in [-0.3, -0.25) is 9.59 Å². The van der Waals surface area contributed by atoms with Gasteiger partial charge in [0.05, 0.1) is 0 Å². The Labute approximate surface area is 121 Å². The van der Waals surface area contributed by atoms with Crippen LogP contribution in [0.5, 0.6) is 0 Å². The predicted molar refractivity (Wildman–Crippen MR) is 79.4 cm³/mol. The molecule has 6 heteroatoms. The predicted octanol–water partition coefficient (Wildman–Crippen LogP) is 0.364. The van der Waals surface area contributed by atoms with Crippen LogP contribution in [0.3, 0.4) is 0 Å². The molecule has 19 heavy (non-hydrogen) atoms. The van der Waals surface area contributed by atoms with E-state index < -0.39 is 6.04 Å². The average molecular weight is 287 g/mol. The summed E-state index contributed by atoms with van der Waals surface area (Å²) >= 11 is 4.15. The fourth-order valence-corrected chi connectivity index (χ4v) is 2.73. The number of thiol groups is 1. The zero-order chi connectivity index (χ0) is 14.4. The molecule has 1 unspecified atom stereocenters. The van der Waals surface area contributed by atoms with E-state index in [4.69, 9.17) is 0 Å². The van der Waals surface area contributed by atoms with Crippen molar-refractivity contribution in [1.82, 2.24) is 15.1 Å². The average Bonchev–Trinajstić information content (AvgIpc) is 2.43. The number of rotatable bonds is 5. The second kappa shape index (κ2) is 7.75. The van der Waals surface area contributed by atoms with Crippen LogP contribution in [0.4, 0.5) is 0 Å². The molecule has 1 rings (SSSR count). The van der Waals surface area contributed by atoms with E-state index in [-0.39, 0.29) is 17.9 Å². The van der Waals surface area contributed by atoms with E-state index in [0.717, 1.165) is 32.5 Å². The minimum absolute atomic E-state index is 0.0415. The Morgan fingerprint density at radius 1 is 1.42 bits per heavy atom. The van der Waals surface area contributed by atoms with Gasteiger partial charge < -0.3 is 15.1 Å². The number of carbonyl (C=O) groups is 2. The molecule has 0 aromatic rings. The maximum absolute atomic E-state index is 12.3. The Balaban J connectivity index is 2.54. The van der Waals surface area contributed by atoms with Gasteiger partial charge in [0.2, 0.25) is 11.8 Å². The highest BCUT2D eigenvalue weighted by Gasteiger charge is 2.28. The van der Waals surface area contributed by atoms with E-state index in [2.05, 4.69) is 29.8 Å². The second-order valence-corrected chi connectivity index (χ2v) is 5.42. The third-order valence-corrected chi connectivity index (χ3v) is 4.12. The van der Waals surface area contributed by atoms with Gasteiger partial charge in [0.25, 0.3) is 0 Å². The number of likely N-dealkylation sites (N-methyl/N-ethyl adjacent to an activating group) is 1. The van der Waals surface area contributed by atoms with E-state index in [1.54, 1.807) is 4.90 Å². The number of nitrogens with zero attached hydrogens (tertiary/aromatic N) is 2. The topological polar surface area (TPSA) is 52.6 Å². The lowest BCUT2D eigenvalue weighted by Crippen LogP contribution is -2.53. The first-order valence-electron chi connectivity index (χ1n) is 6.86. The van der Waals surface area contributed by atoms with Crippen molar-refractivity contribution in [3.05, 3.63) is 0 Å². The molecule has 0 aromatic heterocycles. The first kappa shape index (κ1) is 16.3. The van der Waals surface area contributed by atoms with E-state index in [9.17, 15) is 9.59 Å². The Kier molecular flexibility index (Phi) is 6.65. The number of hydrogen-bond acceptors (Lipinski definition) is 4. The van der Waals surface area contributed by atoms with Crippen molar-refractivity contribution >= 4 is 24.4 Å². The molecular formula is C13H25N3O2S. The van der Waals surface area contributed by atoms with E-state index in [1.807, 2.05) is 7.05 Å². The highest BCUT2D eigenvalue weighted by Crippen LogP contribution is 2.16. The van der Waals surface area contributed by atoms with Crippen molar-refractivity contribution in [3.63, 3.8) is 0 Å². The molecule has 1 N–H and O–H groups in total. The Hall–Kier alpha value is -0.750. The smallest absolute Gasteiger partial charge is 0.245 e. The highest BCUT2D eigenvalue weighted by atomic mass is 32.1. The van der Waals surface area contributed by atoms with Gasteiger partial charge in [-0.15, -0.1) is 0 Å². The zero-order valence-electron chi connectivity index (χ0n) is 12.1. The van der Waals surface area contributed by atoms with Crippen molar-refractivity contribution in [2.24, 2.45) is 0 Å². The SMILES string of the molecule is CCN1CCC(N(C)C(=O)C(CS)NC(C)=O)CC1. The van der Waals surface area contributed by atoms with Gasteiger partial charge in [-0.25, -0.2) is 0 Å². The molecule has 0 aliphatic carbocycles. The fraction of sp³-hybridized carbons (Fsp3) is 0.846. The molecule has 1 atom stereocenters. The molecule has 0 radical (unpaired) electrons. The Morgan fingerprint density at radius 3 is 2.42 bits per heavy atom. The van der Waals surface area contributed by atoms with Crippen molar-refractivity contribution in [2.75, 3.05) is 32.4 Å². The van der Waals surface area contributed by atoms with Gasteiger partial charge >= 0.3 is 0 Å². The summed E-state index contributed by atoms with van der Waals surface area (Å²) in [6.45, 7) is 6.71.